The molecule has 3 aromatic rings. The van der Waals surface area contributed by atoms with Crippen LogP contribution < -0.4 is 10.9 Å². The van der Waals surface area contributed by atoms with Gasteiger partial charge in [0.25, 0.3) is 5.56 Å². The van der Waals surface area contributed by atoms with Gasteiger partial charge in [0, 0.05) is 29.0 Å². The average Bonchev–Trinajstić information content (AvgIpc) is 3.24. The van der Waals surface area contributed by atoms with Crippen LogP contribution in [-0.2, 0) is 39.5 Å². The van der Waals surface area contributed by atoms with E-state index < -0.39 is 17.6 Å². The molecule has 0 spiro atoms. The molecule has 10 heteroatoms. The monoisotopic (exact) mass is 507 g/mol. The first-order chi connectivity index (χ1) is 17.7. The number of rotatable bonds is 4. The van der Waals surface area contributed by atoms with E-state index in [1.165, 1.54) is 10.6 Å². The Kier molecular flexibility index (Phi) is 5.26. The van der Waals surface area contributed by atoms with Crippen molar-refractivity contribution < 1.29 is 28.9 Å². The van der Waals surface area contributed by atoms with E-state index in [0.717, 1.165) is 22.1 Å². The molecule has 37 heavy (non-hydrogen) atoms. The highest BCUT2D eigenvalue weighted by Crippen LogP contribution is 2.45. The highest BCUT2D eigenvalue weighted by atomic mass is 19.1. The minimum atomic E-state index is -1.95. The lowest BCUT2D eigenvalue weighted by atomic mass is 9.81. The minimum absolute atomic E-state index is 0.0256. The van der Waals surface area contributed by atoms with Crippen molar-refractivity contribution in [3.63, 3.8) is 0 Å². The summed E-state index contributed by atoms with van der Waals surface area (Å²) < 4.78 is 21.6. The molecule has 2 aliphatic heterocycles. The number of fused-ring (bicyclic) bond motifs is 5. The fourth-order valence-corrected chi connectivity index (χ4v) is 6.07. The Morgan fingerprint density at radius 1 is 1.30 bits per heavy atom. The number of aliphatic hydroxyl groups excluding tert-OH is 1. The second-order valence-corrected chi connectivity index (χ2v) is 9.94. The van der Waals surface area contributed by atoms with E-state index in [0.29, 0.717) is 35.3 Å². The molecule has 3 aliphatic rings. The van der Waals surface area contributed by atoms with E-state index in [1.54, 1.807) is 19.9 Å². The molecule has 0 radical (unpaired) electrons. The summed E-state index contributed by atoms with van der Waals surface area (Å²) in [4.78, 5) is 43.3. The van der Waals surface area contributed by atoms with Crippen molar-refractivity contribution in [3.8, 4) is 11.4 Å². The number of amides is 1. The molecule has 0 saturated heterocycles. The third-order valence-electron chi connectivity index (χ3n) is 8.05. The second kappa shape index (κ2) is 8.19. The first-order valence-corrected chi connectivity index (χ1v) is 12.4. The fraction of sp³-hybridized carbons (Fsp3) is 0.407. The quantitative estimate of drug-likeness (QED) is 0.360. The number of carbonyl (C=O) groups excluding carboxylic acids is 2. The van der Waals surface area contributed by atoms with Gasteiger partial charge in [-0.3, -0.25) is 9.59 Å². The van der Waals surface area contributed by atoms with Crippen molar-refractivity contribution in [2.24, 2.45) is 0 Å². The van der Waals surface area contributed by atoms with Gasteiger partial charge in [-0.25, -0.2) is 14.2 Å². The predicted octanol–water partition coefficient (Wildman–Crippen LogP) is 2.01. The molecule has 0 bridgehead atoms. The molecule has 1 aliphatic carbocycles. The second-order valence-electron chi connectivity index (χ2n) is 9.94. The zero-order chi connectivity index (χ0) is 26.2. The van der Waals surface area contributed by atoms with Crippen LogP contribution in [-0.4, -0.2) is 38.2 Å². The highest BCUT2D eigenvalue weighted by molar-refractivity contribution is 5.94. The first kappa shape index (κ1) is 23.7. The van der Waals surface area contributed by atoms with Gasteiger partial charge in [0.2, 0.25) is 5.91 Å². The lowest BCUT2D eigenvalue weighted by Gasteiger charge is -2.31. The minimum Gasteiger partial charge on any atom is -0.458 e. The van der Waals surface area contributed by atoms with Crippen LogP contribution in [0.3, 0.4) is 0 Å². The number of aromatic nitrogens is 2. The molecule has 1 aromatic carbocycles. The van der Waals surface area contributed by atoms with E-state index in [1.807, 2.05) is 0 Å². The maximum atomic E-state index is 14.9. The van der Waals surface area contributed by atoms with Gasteiger partial charge in [-0.05, 0) is 48.9 Å². The van der Waals surface area contributed by atoms with Crippen molar-refractivity contribution in [2.45, 2.75) is 64.3 Å². The Hall–Kier alpha value is -3.63. The Balaban J connectivity index is 1.63. The van der Waals surface area contributed by atoms with Gasteiger partial charge < -0.3 is 24.8 Å². The third-order valence-corrected chi connectivity index (χ3v) is 8.05. The zero-order valence-electron chi connectivity index (χ0n) is 20.5. The van der Waals surface area contributed by atoms with Crippen LogP contribution in [0.25, 0.3) is 22.3 Å². The number of nitrogens with one attached hydrogen (secondary N) is 1. The van der Waals surface area contributed by atoms with Crippen LogP contribution in [0.1, 0.15) is 65.6 Å². The number of nitrogens with zero attached hydrogens (tertiary/aromatic N) is 2. The van der Waals surface area contributed by atoms with Gasteiger partial charge >= 0.3 is 5.97 Å². The summed E-state index contributed by atoms with van der Waals surface area (Å²) in [6.45, 7) is 3.02. The number of aryl methyl sites for hydroxylation is 1. The normalized spacial score (nSPS) is 21.3. The summed E-state index contributed by atoms with van der Waals surface area (Å²) in [6, 6.07) is 2.58. The van der Waals surface area contributed by atoms with Crippen LogP contribution in [0.2, 0.25) is 0 Å². The summed E-state index contributed by atoms with van der Waals surface area (Å²) in [5.74, 6) is -1.49. The molecule has 192 valence electrons. The van der Waals surface area contributed by atoms with E-state index in [2.05, 4.69) is 5.32 Å². The van der Waals surface area contributed by atoms with Gasteiger partial charge in [-0.15, -0.1) is 0 Å². The van der Waals surface area contributed by atoms with Crippen molar-refractivity contribution >= 4 is 22.8 Å². The van der Waals surface area contributed by atoms with Gasteiger partial charge in [-0.1, -0.05) is 6.92 Å². The summed E-state index contributed by atoms with van der Waals surface area (Å²) in [5, 5.41) is 24.1. The van der Waals surface area contributed by atoms with Gasteiger partial charge in [-0.2, -0.15) is 0 Å². The Morgan fingerprint density at radius 2 is 2.08 bits per heavy atom. The standard InChI is InChI=1S/C27H26FN3O6/c1-3-27(36)16-8-20-24-14(10-31(20)25(34)15(16)11-37-26(27)35)23-18(29-21(33)6-7-32)5-4-13-12(2)17(28)9-19(30-24)22(13)23/h8-9,18,32,36H,3-7,10-11H2,1-2H3,(H,29,33)/t18-,27-/m0/s1. The van der Waals surface area contributed by atoms with Crippen LogP contribution >= 0.6 is 0 Å². The lowest BCUT2D eigenvalue weighted by Crippen LogP contribution is -2.44. The van der Waals surface area contributed by atoms with Crippen molar-refractivity contribution in [1.29, 1.82) is 0 Å². The smallest absolute Gasteiger partial charge is 0.343 e. The molecule has 2 atom stereocenters. The van der Waals surface area contributed by atoms with E-state index >= 15 is 0 Å². The molecule has 3 N–H and O–H groups in total. The van der Waals surface area contributed by atoms with Gasteiger partial charge in [0.15, 0.2) is 5.60 Å². The molecule has 1 amide bonds. The van der Waals surface area contributed by atoms with Crippen molar-refractivity contribution in [1.82, 2.24) is 14.9 Å². The molecular weight excluding hydrogens is 481 g/mol. The number of hydrogen-bond acceptors (Lipinski definition) is 7. The molecular formula is C27H26FN3O6. The number of esters is 1. The Bertz CT molecular complexity index is 1600. The number of benzene rings is 1. The van der Waals surface area contributed by atoms with Crippen LogP contribution in [0, 0.1) is 12.7 Å². The summed E-state index contributed by atoms with van der Waals surface area (Å²) in [5.41, 5.74) is 2.26. The van der Waals surface area contributed by atoms with Crippen molar-refractivity contribution in [2.75, 3.05) is 6.61 Å². The molecule has 0 fully saturated rings. The summed E-state index contributed by atoms with van der Waals surface area (Å²) in [7, 11) is 0. The number of pyridine rings is 2. The summed E-state index contributed by atoms with van der Waals surface area (Å²) >= 11 is 0. The molecule has 0 unspecified atom stereocenters. The summed E-state index contributed by atoms with van der Waals surface area (Å²) in [6.07, 6.45) is 1.05. The Labute approximate surface area is 210 Å². The zero-order valence-corrected chi connectivity index (χ0v) is 20.5. The van der Waals surface area contributed by atoms with Gasteiger partial charge in [0.1, 0.15) is 12.4 Å². The van der Waals surface area contributed by atoms with E-state index in [4.69, 9.17) is 9.72 Å². The van der Waals surface area contributed by atoms with E-state index in [9.17, 15) is 29.0 Å². The molecule has 0 saturated carbocycles. The maximum absolute atomic E-state index is 14.9. The SMILES string of the molecule is CC[C@@]1(O)C(=O)OCc2c1cc1n(c2=O)Cc2c-1nc1cc(F)c(C)c3c1c2[C@@H](NC(=O)CCO)CC3. The third kappa shape index (κ3) is 3.21. The highest BCUT2D eigenvalue weighted by Gasteiger charge is 2.46. The lowest BCUT2D eigenvalue weighted by molar-refractivity contribution is -0.172. The van der Waals surface area contributed by atoms with Gasteiger partial charge in [0.05, 0.1) is 41.7 Å². The largest absolute Gasteiger partial charge is 0.458 e. The molecule has 6 rings (SSSR count). The van der Waals surface area contributed by atoms with Crippen molar-refractivity contribution in [3.05, 3.63) is 61.7 Å². The van der Waals surface area contributed by atoms with Crippen LogP contribution in [0.15, 0.2) is 16.9 Å². The topological polar surface area (TPSA) is 131 Å². The fourth-order valence-electron chi connectivity index (χ4n) is 6.07. The predicted molar refractivity (Wildman–Crippen MR) is 130 cm³/mol. The molecule has 9 nitrogen and oxygen atoms in total. The van der Waals surface area contributed by atoms with Crippen LogP contribution in [0.4, 0.5) is 4.39 Å². The molecule has 4 heterocycles. The number of hydrogen-bond donors (Lipinski definition) is 3. The maximum Gasteiger partial charge on any atom is 0.343 e. The number of carbonyl (C=O) groups is 2. The molecule has 2 aromatic heterocycles. The number of halogens is 1. The Morgan fingerprint density at radius 3 is 2.81 bits per heavy atom. The van der Waals surface area contributed by atoms with E-state index in [-0.39, 0.29) is 61.0 Å². The average molecular weight is 508 g/mol. The number of ether oxygens (including phenoxy) is 1. The first-order valence-electron chi connectivity index (χ1n) is 12.4. The number of aliphatic hydroxyl groups is 2. The van der Waals surface area contributed by atoms with Crippen LogP contribution in [0.5, 0.6) is 0 Å². The number of cyclic esters (lactones) is 1.